The average molecular weight is 393 g/mol. The normalized spacial score (nSPS) is 18.8. The second-order valence-corrected chi connectivity index (χ2v) is 7.86. The van der Waals surface area contributed by atoms with Gasteiger partial charge >= 0.3 is 133 Å². The van der Waals surface area contributed by atoms with Crippen LogP contribution in [0.4, 0.5) is 0 Å². The van der Waals surface area contributed by atoms with Gasteiger partial charge in [0.25, 0.3) is 0 Å². The number of benzene rings is 2. The van der Waals surface area contributed by atoms with Crippen molar-refractivity contribution in [1.82, 2.24) is 0 Å². The van der Waals surface area contributed by atoms with E-state index in [1.165, 1.54) is 5.56 Å². The van der Waals surface area contributed by atoms with Gasteiger partial charge in [-0.2, -0.15) is 0 Å². The topological polar surface area (TPSA) is 29.4 Å². The van der Waals surface area contributed by atoms with Crippen LogP contribution < -0.4 is 0 Å². The summed E-state index contributed by atoms with van der Waals surface area (Å²) in [5.41, 5.74) is 2.28. The van der Waals surface area contributed by atoms with Gasteiger partial charge in [0.1, 0.15) is 0 Å². The van der Waals surface area contributed by atoms with Crippen LogP contribution in [0.25, 0.3) is 0 Å². The molecule has 0 aliphatic carbocycles. The number of halogens is 1. The number of carbonyl (C=O) groups excluding carboxylic acids is 1. The Hall–Kier alpha value is -1.22. The van der Waals surface area contributed by atoms with Crippen molar-refractivity contribution in [3.05, 3.63) is 70.2 Å². The molecule has 1 atom stereocenters. The number of carbonyl (C=O) groups is 1. The van der Waals surface area contributed by atoms with E-state index in [2.05, 4.69) is 27.0 Å². The van der Waals surface area contributed by atoms with Gasteiger partial charge in [0.05, 0.1) is 0 Å². The minimum atomic E-state index is -0.0160. The van der Waals surface area contributed by atoms with Crippen LogP contribution in [0.2, 0.25) is 0 Å². The summed E-state index contributed by atoms with van der Waals surface area (Å²) in [5, 5.41) is 0. The molecule has 0 spiro atoms. The van der Waals surface area contributed by atoms with Crippen molar-refractivity contribution in [2.45, 2.75) is 11.2 Å². The van der Waals surface area contributed by atoms with Crippen LogP contribution in [0.1, 0.15) is 22.4 Å². The Labute approximate surface area is 132 Å². The summed E-state index contributed by atoms with van der Waals surface area (Å²) in [4.78, 5) is 16.5. The van der Waals surface area contributed by atoms with Crippen molar-refractivity contribution >= 4 is 41.4 Å². The SMILES string of the molecule is O=C1C[C@H](c2ccccc2Br)[Se]C(c2ccccc2)=N1. The van der Waals surface area contributed by atoms with E-state index >= 15 is 0 Å². The van der Waals surface area contributed by atoms with Crippen molar-refractivity contribution < 1.29 is 4.79 Å². The van der Waals surface area contributed by atoms with Crippen LogP contribution >= 0.6 is 15.9 Å². The first kappa shape index (κ1) is 13.7. The fourth-order valence-electron chi connectivity index (χ4n) is 2.14. The molecule has 0 aromatic heterocycles. The van der Waals surface area contributed by atoms with E-state index in [0.29, 0.717) is 6.42 Å². The van der Waals surface area contributed by atoms with Gasteiger partial charge in [0.15, 0.2) is 0 Å². The number of hydrogen-bond donors (Lipinski definition) is 0. The molecule has 0 N–H and O–H groups in total. The third kappa shape index (κ3) is 2.93. The summed E-state index contributed by atoms with van der Waals surface area (Å²) in [7, 11) is 0. The summed E-state index contributed by atoms with van der Waals surface area (Å²) in [5.74, 6) is -0.0160. The molecule has 0 bridgehead atoms. The summed E-state index contributed by atoms with van der Waals surface area (Å²) in [6.45, 7) is 0. The molecular formula is C16H12BrNOSe. The Morgan fingerprint density at radius 3 is 2.50 bits per heavy atom. The summed E-state index contributed by atoms with van der Waals surface area (Å²) >= 11 is 3.75. The third-order valence-corrected chi connectivity index (χ3v) is 6.47. The summed E-state index contributed by atoms with van der Waals surface area (Å²) in [6, 6.07) is 18.1. The van der Waals surface area contributed by atoms with E-state index in [0.717, 1.165) is 14.6 Å². The quantitative estimate of drug-likeness (QED) is 0.718. The molecule has 0 saturated carbocycles. The monoisotopic (exact) mass is 393 g/mol. The average Bonchev–Trinajstić information content (AvgIpc) is 2.48. The predicted octanol–water partition coefficient (Wildman–Crippen LogP) is 3.57. The molecule has 1 amide bonds. The molecule has 0 radical (unpaired) electrons. The zero-order valence-electron chi connectivity index (χ0n) is 10.6. The van der Waals surface area contributed by atoms with Crippen LogP contribution in [0, 0.1) is 0 Å². The first-order valence-electron chi connectivity index (χ1n) is 6.32. The number of hydrogen-bond acceptors (Lipinski definition) is 1. The van der Waals surface area contributed by atoms with Gasteiger partial charge in [-0.15, -0.1) is 0 Å². The maximum absolute atomic E-state index is 11.9. The van der Waals surface area contributed by atoms with E-state index in [-0.39, 0.29) is 25.7 Å². The fraction of sp³-hybridized carbons (Fsp3) is 0.125. The van der Waals surface area contributed by atoms with Crippen LogP contribution in [0.5, 0.6) is 0 Å². The van der Waals surface area contributed by atoms with Gasteiger partial charge in [-0.3, -0.25) is 0 Å². The van der Waals surface area contributed by atoms with Crippen molar-refractivity contribution in [2.75, 3.05) is 0 Å². The standard InChI is InChI=1S/C16H12BrNOSe/c17-13-9-5-4-8-12(13)14-10-15(19)18-16(20-14)11-6-2-1-3-7-11/h1-9,14H,10H2/t14-/m1/s1. The molecule has 20 heavy (non-hydrogen) atoms. The number of rotatable bonds is 2. The molecule has 1 aliphatic rings. The Kier molecular flexibility index (Phi) is 4.15. The zero-order chi connectivity index (χ0) is 13.9. The van der Waals surface area contributed by atoms with Gasteiger partial charge in [0.2, 0.25) is 0 Å². The van der Waals surface area contributed by atoms with E-state index < -0.39 is 0 Å². The van der Waals surface area contributed by atoms with E-state index in [4.69, 9.17) is 0 Å². The van der Waals surface area contributed by atoms with Crippen LogP contribution in [-0.2, 0) is 4.79 Å². The first-order valence-corrected chi connectivity index (χ1v) is 8.96. The Morgan fingerprint density at radius 1 is 1.05 bits per heavy atom. The molecule has 2 aromatic rings. The van der Waals surface area contributed by atoms with Gasteiger partial charge < -0.3 is 0 Å². The first-order chi connectivity index (χ1) is 9.74. The molecule has 100 valence electrons. The van der Waals surface area contributed by atoms with Gasteiger partial charge in [-0.05, 0) is 0 Å². The van der Waals surface area contributed by atoms with Gasteiger partial charge in [0, 0.05) is 0 Å². The zero-order valence-corrected chi connectivity index (χ0v) is 13.9. The van der Waals surface area contributed by atoms with Crippen molar-refractivity contribution in [3.8, 4) is 0 Å². The molecule has 0 saturated heterocycles. The number of aliphatic imine (C=N–C) groups is 1. The minimum absolute atomic E-state index is 0.0160. The summed E-state index contributed by atoms with van der Waals surface area (Å²) in [6.07, 6.45) is 0.513. The van der Waals surface area contributed by atoms with E-state index in [9.17, 15) is 4.79 Å². The molecule has 2 aromatic carbocycles. The molecule has 0 unspecified atom stereocenters. The van der Waals surface area contributed by atoms with Crippen LogP contribution in [0.15, 0.2) is 64.1 Å². The Balaban J connectivity index is 1.93. The molecule has 1 heterocycles. The van der Waals surface area contributed by atoms with E-state index in [1.54, 1.807) is 0 Å². The maximum atomic E-state index is 11.9. The number of amides is 1. The number of nitrogens with zero attached hydrogens (tertiary/aromatic N) is 1. The van der Waals surface area contributed by atoms with Crippen molar-refractivity contribution in [3.63, 3.8) is 0 Å². The third-order valence-electron chi connectivity index (χ3n) is 3.11. The summed E-state index contributed by atoms with van der Waals surface area (Å²) < 4.78 is 2.03. The molecular weight excluding hydrogens is 381 g/mol. The predicted molar refractivity (Wildman–Crippen MR) is 85.2 cm³/mol. The fourth-order valence-corrected chi connectivity index (χ4v) is 5.68. The molecule has 3 rings (SSSR count). The van der Waals surface area contributed by atoms with Crippen LogP contribution in [0.3, 0.4) is 0 Å². The van der Waals surface area contributed by atoms with E-state index in [1.807, 2.05) is 48.5 Å². The molecule has 2 nitrogen and oxygen atoms in total. The Morgan fingerprint density at radius 2 is 1.75 bits per heavy atom. The molecule has 1 aliphatic heterocycles. The second-order valence-electron chi connectivity index (χ2n) is 4.51. The molecule has 4 heteroatoms. The second kappa shape index (κ2) is 6.04. The van der Waals surface area contributed by atoms with Gasteiger partial charge in [-0.25, -0.2) is 0 Å². The van der Waals surface area contributed by atoms with Gasteiger partial charge in [-0.1, -0.05) is 0 Å². The molecule has 0 fully saturated rings. The van der Waals surface area contributed by atoms with Crippen molar-refractivity contribution in [2.24, 2.45) is 4.99 Å². The van der Waals surface area contributed by atoms with Crippen molar-refractivity contribution in [1.29, 1.82) is 0 Å². The Bertz CT molecular complexity index is 669. The van der Waals surface area contributed by atoms with Crippen LogP contribution in [-0.4, -0.2) is 25.5 Å².